The van der Waals surface area contributed by atoms with Crippen molar-refractivity contribution < 1.29 is 4.79 Å². The lowest BCUT2D eigenvalue weighted by molar-refractivity contribution is -0.118. The molecular formula is C24H23N3OS. The van der Waals surface area contributed by atoms with Gasteiger partial charge in [0.15, 0.2) is 5.13 Å². The maximum absolute atomic E-state index is 13.3. The number of nitrogens with zero attached hydrogens (tertiary/aromatic N) is 3. The summed E-state index contributed by atoms with van der Waals surface area (Å²) in [5.41, 5.74) is 5.21. The van der Waals surface area contributed by atoms with Crippen LogP contribution in [0.3, 0.4) is 0 Å². The molecule has 0 spiro atoms. The van der Waals surface area contributed by atoms with Crippen LogP contribution in [0.2, 0.25) is 0 Å². The molecule has 4 nitrogen and oxygen atoms in total. The molecule has 0 aliphatic carbocycles. The SMILES string of the molecule is CCc1ccc2nc(N(Cc3ccccn3)C(=O)Cc3cccc(C)c3)sc2c1. The van der Waals surface area contributed by atoms with Crippen LogP contribution in [-0.4, -0.2) is 15.9 Å². The fourth-order valence-corrected chi connectivity index (χ4v) is 4.35. The zero-order chi connectivity index (χ0) is 20.2. The van der Waals surface area contributed by atoms with E-state index in [2.05, 4.69) is 30.1 Å². The van der Waals surface area contributed by atoms with Crippen LogP contribution in [0, 0.1) is 6.92 Å². The summed E-state index contributed by atoms with van der Waals surface area (Å²) < 4.78 is 1.11. The van der Waals surface area contributed by atoms with Crippen molar-refractivity contribution in [1.82, 2.24) is 9.97 Å². The molecule has 0 N–H and O–H groups in total. The highest BCUT2D eigenvalue weighted by Crippen LogP contribution is 2.31. The summed E-state index contributed by atoms with van der Waals surface area (Å²) in [7, 11) is 0. The highest BCUT2D eigenvalue weighted by atomic mass is 32.1. The number of fused-ring (bicyclic) bond motifs is 1. The number of carbonyl (C=O) groups excluding carboxylic acids is 1. The Kier molecular flexibility index (Phi) is 5.67. The third-order valence-corrected chi connectivity index (χ3v) is 5.91. The van der Waals surface area contributed by atoms with Gasteiger partial charge in [0, 0.05) is 6.20 Å². The van der Waals surface area contributed by atoms with Gasteiger partial charge in [-0.3, -0.25) is 14.7 Å². The number of aromatic nitrogens is 2. The van der Waals surface area contributed by atoms with Crippen LogP contribution in [0.1, 0.15) is 29.3 Å². The second-order valence-corrected chi connectivity index (χ2v) is 8.13. The van der Waals surface area contributed by atoms with Crippen molar-refractivity contribution in [2.45, 2.75) is 33.2 Å². The quantitative estimate of drug-likeness (QED) is 0.438. The van der Waals surface area contributed by atoms with Crippen molar-refractivity contribution in [1.29, 1.82) is 0 Å². The van der Waals surface area contributed by atoms with Crippen LogP contribution in [0.15, 0.2) is 66.9 Å². The number of pyridine rings is 1. The summed E-state index contributed by atoms with van der Waals surface area (Å²) in [5, 5.41) is 0.719. The Balaban J connectivity index is 1.68. The van der Waals surface area contributed by atoms with Gasteiger partial charge in [-0.2, -0.15) is 0 Å². The van der Waals surface area contributed by atoms with E-state index in [9.17, 15) is 4.79 Å². The zero-order valence-electron chi connectivity index (χ0n) is 16.6. The van der Waals surface area contributed by atoms with Gasteiger partial charge in [-0.25, -0.2) is 4.98 Å². The smallest absolute Gasteiger partial charge is 0.233 e. The summed E-state index contributed by atoms with van der Waals surface area (Å²) in [4.78, 5) is 24.2. The molecule has 146 valence electrons. The van der Waals surface area contributed by atoms with Gasteiger partial charge in [-0.05, 0) is 48.7 Å². The van der Waals surface area contributed by atoms with E-state index in [0.29, 0.717) is 13.0 Å². The zero-order valence-corrected chi connectivity index (χ0v) is 17.4. The van der Waals surface area contributed by atoms with E-state index < -0.39 is 0 Å². The molecule has 0 saturated heterocycles. The summed E-state index contributed by atoms with van der Waals surface area (Å²) in [6.07, 6.45) is 3.07. The van der Waals surface area contributed by atoms with Crippen LogP contribution >= 0.6 is 11.3 Å². The number of carbonyl (C=O) groups is 1. The lowest BCUT2D eigenvalue weighted by Gasteiger charge is -2.19. The number of hydrogen-bond acceptors (Lipinski definition) is 4. The number of hydrogen-bond donors (Lipinski definition) is 0. The number of aryl methyl sites for hydroxylation is 2. The second kappa shape index (κ2) is 8.53. The van der Waals surface area contributed by atoms with E-state index >= 15 is 0 Å². The minimum absolute atomic E-state index is 0.0241. The van der Waals surface area contributed by atoms with E-state index in [4.69, 9.17) is 4.98 Å². The minimum Gasteiger partial charge on any atom is -0.282 e. The van der Waals surface area contributed by atoms with Gasteiger partial charge < -0.3 is 0 Å². The number of benzene rings is 2. The fourth-order valence-electron chi connectivity index (χ4n) is 3.30. The third-order valence-electron chi connectivity index (χ3n) is 4.87. The molecule has 2 aromatic carbocycles. The van der Waals surface area contributed by atoms with Gasteiger partial charge in [0.25, 0.3) is 0 Å². The Morgan fingerprint density at radius 1 is 1.03 bits per heavy atom. The first-order valence-corrected chi connectivity index (χ1v) is 10.6. The lowest BCUT2D eigenvalue weighted by Crippen LogP contribution is -2.32. The number of thiazole rings is 1. The van der Waals surface area contributed by atoms with Gasteiger partial charge in [0.2, 0.25) is 5.91 Å². The highest BCUT2D eigenvalue weighted by molar-refractivity contribution is 7.22. The average molecular weight is 402 g/mol. The topological polar surface area (TPSA) is 46.1 Å². The first-order valence-electron chi connectivity index (χ1n) is 9.77. The molecule has 4 aromatic rings. The molecule has 0 atom stereocenters. The summed E-state index contributed by atoms with van der Waals surface area (Å²) in [6.45, 7) is 4.59. The monoisotopic (exact) mass is 401 g/mol. The first kappa shape index (κ1) is 19.3. The van der Waals surface area contributed by atoms with E-state index in [1.165, 1.54) is 5.56 Å². The second-order valence-electron chi connectivity index (χ2n) is 7.12. The average Bonchev–Trinajstić information content (AvgIpc) is 3.15. The van der Waals surface area contributed by atoms with Crippen LogP contribution in [0.25, 0.3) is 10.2 Å². The first-order chi connectivity index (χ1) is 14.1. The Bertz CT molecular complexity index is 1140. The van der Waals surface area contributed by atoms with Crippen molar-refractivity contribution in [3.8, 4) is 0 Å². The van der Waals surface area contributed by atoms with E-state index in [-0.39, 0.29) is 5.91 Å². The van der Waals surface area contributed by atoms with Crippen molar-refractivity contribution in [3.05, 3.63) is 89.2 Å². The van der Waals surface area contributed by atoms with E-state index in [0.717, 1.165) is 38.6 Å². The van der Waals surface area contributed by atoms with Crippen molar-refractivity contribution in [2.24, 2.45) is 0 Å². The fraction of sp³-hybridized carbons (Fsp3) is 0.208. The maximum Gasteiger partial charge on any atom is 0.233 e. The van der Waals surface area contributed by atoms with Gasteiger partial charge in [-0.15, -0.1) is 0 Å². The van der Waals surface area contributed by atoms with E-state index in [1.54, 1.807) is 22.4 Å². The summed E-state index contributed by atoms with van der Waals surface area (Å²) in [5.74, 6) is 0.0241. The molecular weight excluding hydrogens is 378 g/mol. The van der Waals surface area contributed by atoms with E-state index in [1.807, 2.05) is 49.4 Å². The van der Waals surface area contributed by atoms with Crippen LogP contribution in [0.5, 0.6) is 0 Å². The van der Waals surface area contributed by atoms with Gasteiger partial charge in [-0.1, -0.05) is 60.2 Å². The molecule has 4 rings (SSSR count). The molecule has 0 aliphatic heterocycles. The molecule has 0 unspecified atom stereocenters. The minimum atomic E-state index is 0.0241. The van der Waals surface area contributed by atoms with Crippen LogP contribution in [0.4, 0.5) is 5.13 Å². The molecule has 0 aliphatic rings. The molecule has 5 heteroatoms. The molecule has 1 amide bonds. The Morgan fingerprint density at radius 3 is 2.69 bits per heavy atom. The summed E-state index contributed by atoms with van der Waals surface area (Å²) in [6, 6.07) is 20.2. The van der Waals surface area contributed by atoms with Crippen molar-refractivity contribution in [2.75, 3.05) is 4.90 Å². The molecule has 0 radical (unpaired) electrons. The normalized spacial score (nSPS) is 11.0. The molecule has 29 heavy (non-hydrogen) atoms. The Hall–Kier alpha value is -3.05. The van der Waals surface area contributed by atoms with Crippen molar-refractivity contribution in [3.63, 3.8) is 0 Å². The molecule has 0 fully saturated rings. The maximum atomic E-state index is 13.3. The Labute approximate surface area is 174 Å². The number of anilines is 1. The van der Waals surface area contributed by atoms with Crippen molar-refractivity contribution >= 4 is 32.6 Å². The predicted octanol–water partition coefficient (Wildman–Crippen LogP) is 5.34. The largest absolute Gasteiger partial charge is 0.282 e. The summed E-state index contributed by atoms with van der Waals surface area (Å²) >= 11 is 1.56. The van der Waals surface area contributed by atoms with Gasteiger partial charge in [0.05, 0.1) is 28.9 Å². The highest BCUT2D eigenvalue weighted by Gasteiger charge is 2.21. The predicted molar refractivity (Wildman–Crippen MR) is 119 cm³/mol. The molecule has 0 saturated carbocycles. The van der Waals surface area contributed by atoms with Crippen LogP contribution in [-0.2, 0) is 24.2 Å². The molecule has 2 aromatic heterocycles. The van der Waals surface area contributed by atoms with Crippen LogP contribution < -0.4 is 4.90 Å². The molecule has 0 bridgehead atoms. The lowest BCUT2D eigenvalue weighted by atomic mass is 10.1. The standard InChI is InChI=1S/C24H23N3OS/c1-3-18-10-11-21-22(14-18)29-24(26-21)27(16-20-9-4-5-12-25-20)23(28)15-19-8-6-7-17(2)13-19/h4-14H,3,15-16H2,1-2H3. The Morgan fingerprint density at radius 2 is 1.93 bits per heavy atom. The number of amides is 1. The molecule has 2 heterocycles. The number of rotatable bonds is 6. The third kappa shape index (κ3) is 4.51. The van der Waals surface area contributed by atoms with Gasteiger partial charge >= 0.3 is 0 Å². The van der Waals surface area contributed by atoms with Gasteiger partial charge in [0.1, 0.15) is 0 Å².